The number of nitrogens with zero attached hydrogens (tertiary/aromatic N) is 1. The first-order valence-corrected chi connectivity index (χ1v) is 7.51. The molecule has 0 rings (SSSR count). The first-order valence-electron chi connectivity index (χ1n) is 6.38. The maximum atomic E-state index is 3.65. The smallest absolute Gasteiger partial charge is 0.0209 e. The van der Waals surface area contributed by atoms with Crippen molar-refractivity contribution in [2.75, 3.05) is 38.1 Å². The lowest BCUT2D eigenvalue weighted by Crippen LogP contribution is -2.22. The Balaban J connectivity index is -0.000000188. The second-order valence-electron chi connectivity index (χ2n) is 3.17. The summed E-state index contributed by atoms with van der Waals surface area (Å²) in [5.41, 5.74) is 0. The van der Waals surface area contributed by atoms with Gasteiger partial charge >= 0.3 is 0 Å². The lowest BCUT2D eigenvalue weighted by molar-refractivity contribution is 0.337. The lowest BCUT2D eigenvalue weighted by atomic mass is 10.5. The molecule has 17 heavy (non-hydrogen) atoms. The molecule has 0 aromatic heterocycles. The Labute approximate surface area is 117 Å². The van der Waals surface area contributed by atoms with Crippen molar-refractivity contribution in [2.24, 2.45) is 0 Å². The summed E-state index contributed by atoms with van der Waals surface area (Å²) in [6.45, 7) is 21.1. The molecule has 0 aromatic carbocycles. The van der Waals surface area contributed by atoms with Gasteiger partial charge in [-0.2, -0.15) is 0 Å². The fraction of sp³-hybridized carbons (Fsp3) is 0.714. The van der Waals surface area contributed by atoms with Crippen LogP contribution in [-0.4, -0.2) is 43.0 Å². The number of hydrogen-bond acceptors (Lipinski definition) is 2. The van der Waals surface area contributed by atoms with Gasteiger partial charge < -0.3 is 10.2 Å². The summed E-state index contributed by atoms with van der Waals surface area (Å²) >= 11 is 3.13. The molecule has 0 heterocycles. The van der Waals surface area contributed by atoms with E-state index in [1.54, 1.807) is 6.08 Å². The Morgan fingerprint density at radius 2 is 1.41 bits per heavy atom. The van der Waals surface area contributed by atoms with Crippen molar-refractivity contribution in [3.05, 3.63) is 25.3 Å². The summed E-state index contributed by atoms with van der Waals surface area (Å²) in [4.78, 5) is 2.31. The van der Waals surface area contributed by atoms with Gasteiger partial charge in [0.05, 0.1) is 0 Å². The Hall–Kier alpha value is -0.120. The third-order valence-corrected chi connectivity index (χ3v) is 2.35. The van der Waals surface area contributed by atoms with Gasteiger partial charge in [-0.1, -0.05) is 55.8 Å². The summed E-state index contributed by atoms with van der Waals surface area (Å²) in [5.74, 6) is 0. The highest BCUT2D eigenvalue weighted by Gasteiger charge is 1.90. The van der Waals surface area contributed by atoms with Gasteiger partial charge in [0.1, 0.15) is 0 Å². The Morgan fingerprint density at radius 3 is 1.47 bits per heavy atom. The van der Waals surface area contributed by atoms with Crippen molar-refractivity contribution in [2.45, 2.75) is 27.7 Å². The first kappa shape index (κ1) is 22.1. The molecule has 104 valence electrons. The third-order valence-electron chi connectivity index (χ3n) is 1.89. The van der Waals surface area contributed by atoms with Crippen LogP contribution in [0.25, 0.3) is 0 Å². The predicted octanol–water partition coefficient (Wildman–Crippen LogP) is 3.70. The zero-order valence-electron chi connectivity index (χ0n) is 12.1. The number of nitrogens with one attached hydrogen (secondary N) is 1. The predicted molar refractivity (Wildman–Crippen MR) is 86.2 cm³/mol. The maximum Gasteiger partial charge on any atom is 0.0209 e. The minimum atomic E-state index is 0.896. The van der Waals surface area contributed by atoms with E-state index < -0.39 is 0 Å². The second kappa shape index (κ2) is 24.9. The van der Waals surface area contributed by atoms with Crippen LogP contribution < -0.4 is 5.32 Å². The van der Waals surface area contributed by atoms with Crippen LogP contribution in [-0.2, 0) is 0 Å². The third kappa shape index (κ3) is 31.3. The normalized spacial score (nSPS) is 8.59. The molecule has 0 aromatic rings. The van der Waals surface area contributed by atoms with Crippen LogP contribution in [0, 0.1) is 0 Å². The Morgan fingerprint density at radius 1 is 1.00 bits per heavy atom. The molecule has 0 atom stereocenters. The molecule has 0 fully saturated rings. The van der Waals surface area contributed by atoms with Crippen molar-refractivity contribution in [3.63, 3.8) is 0 Å². The highest BCUT2D eigenvalue weighted by atomic mass is 79.9. The van der Waals surface area contributed by atoms with E-state index in [1.807, 2.05) is 6.08 Å². The molecule has 3 heteroatoms. The van der Waals surface area contributed by atoms with Crippen molar-refractivity contribution in [1.29, 1.82) is 0 Å². The molecule has 0 saturated heterocycles. The number of alkyl halides is 1. The molecule has 0 spiro atoms. The molecule has 0 amide bonds. The van der Waals surface area contributed by atoms with Crippen LogP contribution in [0.1, 0.15) is 27.7 Å². The lowest BCUT2D eigenvalue weighted by Gasteiger charge is -2.14. The standard InChI is InChI=1S/C7H15N.C4H11N.C3H5Br/c1-4-7-8(5-2)6-3;1-3-5-4-2;1-2-3-4/h4H,1,5-7H2,2-3H3;5H,3-4H2,1-2H3;2H,1,3H2. The van der Waals surface area contributed by atoms with Crippen LogP contribution in [0.3, 0.4) is 0 Å². The summed E-state index contributed by atoms with van der Waals surface area (Å²) in [7, 11) is 0. The molecular formula is C14H31BrN2. The Kier molecular flexibility index (Phi) is 32.4. The molecular weight excluding hydrogens is 276 g/mol. The molecule has 0 unspecified atom stereocenters. The van der Waals surface area contributed by atoms with Gasteiger partial charge in [-0.15, -0.1) is 13.2 Å². The average molecular weight is 307 g/mol. The average Bonchev–Trinajstić information content (AvgIpc) is 2.38. The van der Waals surface area contributed by atoms with Gasteiger partial charge in [-0.05, 0) is 26.2 Å². The summed E-state index contributed by atoms with van der Waals surface area (Å²) in [5, 5.41) is 4.01. The largest absolute Gasteiger partial charge is 0.317 e. The van der Waals surface area contributed by atoms with Gasteiger partial charge in [0, 0.05) is 11.9 Å². The highest BCUT2D eigenvalue weighted by Crippen LogP contribution is 1.84. The number of hydrogen-bond donors (Lipinski definition) is 1. The van der Waals surface area contributed by atoms with E-state index >= 15 is 0 Å². The summed E-state index contributed by atoms with van der Waals surface area (Å²) in [6, 6.07) is 0. The molecule has 0 aliphatic heterocycles. The monoisotopic (exact) mass is 306 g/mol. The number of halogens is 1. The van der Waals surface area contributed by atoms with E-state index in [0.717, 1.165) is 38.1 Å². The van der Waals surface area contributed by atoms with E-state index in [0.29, 0.717) is 0 Å². The maximum absolute atomic E-state index is 3.65. The molecule has 0 aliphatic rings. The summed E-state index contributed by atoms with van der Waals surface area (Å²) in [6.07, 6.45) is 3.73. The fourth-order valence-electron chi connectivity index (χ4n) is 0.914. The van der Waals surface area contributed by atoms with Crippen LogP contribution in [0.2, 0.25) is 0 Å². The quantitative estimate of drug-likeness (QED) is 0.570. The molecule has 1 N–H and O–H groups in total. The molecule has 0 aliphatic carbocycles. The van der Waals surface area contributed by atoms with Crippen molar-refractivity contribution >= 4 is 15.9 Å². The minimum absolute atomic E-state index is 0.896. The van der Waals surface area contributed by atoms with Gasteiger partial charge in [0.15, 0.2) is 0 Å². The first-order chi connectivity index (χ1) is 8.17. The molecule has 0 bridgehead atoms. The van der Waals surface area contributed by atoms with Gasteiger partial charge in [-0.25, -0.2) is 0 Å². The van der Waals surface area contributed by atoms with Gasteiger partial charge in [-0.3, -0.25) is 0 Å². The number of rotatable bonds is 7. The van der Waals surface area contributed by atoms with Crippen molar-refractivity contribution in [1.82, 2.24) is 10.2 Å². The van der Waals surface area contributed by atoms with Crippen molar-refractivity contribution in [3.8, 4) is 0 Å². The SMILES string of the molecule is C=CCBr.C=CCN(CC)CC.CCNCC. The van der Waals surface area contributed by atoms with Gasteiger partial charge in [0.2, 0.25) is 0 Å². The van der Waals surface area contributed by atoms with Crippen LogP contribution in [0.4, 0.5) is 0 Å². The zero-order chi connectivity index (χ0) is 13.9. The minimum Gasteiger partial charge on any atom is -0.317 e. The van der Waals surface area contributed by atoms with Gasteiger partial charge in [0.25, 0.3) is 0 Å². The van der Waals surface area contributed by atoms with Crippen LogP contribution >= 0.6 is 15.9 Å². The van der Waals surface area contributed by atoms with Crippen LogP contribution in [0.15, 0.2) is 25.3 Å². The summed E-state index contributed by atoms with van der Waals surface area (Å²) < 4.78 is 0. The topological polar surface area (TPSA) is 15.3 Å². The zero-order valence-corrected chi connectivity index (χ0v) is 13.7. The van der Waals surface area contributed by atoms with E-state index in [2.05, 4.69) is 67.0 Å². The van der Waals surface area contributed by atoms with E-state index in [1.165, 1.54) is 0 Å². The van der Waals surface area contributed by atoms with Crippen LogP contribution in [0.5, 0.6) is 0 Å². The fourth-order valence-corrected chi connectivity index (χ4v) is 0.914. The second-order valence-corrected chi connectivity index (χ2v) is 3.82. The van der Waals surface area contributed by atoms with E-state index in [4.69, 9.17) is 0 Å². The number of allylic oxidation sites excluding steroid dienone is 1. The van der Waals surface area contributed by atoms with E-state index in [-0.39, 0.29) is 0 Å². The Bertz CT molecular complexity index is 132. The van der Waals surface area contributed by atoms with E-state index in [9.17, 15) is 0 Å². The number of likely N-dealkylation sites (N-methyl/N-ethyl adjacent to an activating group) is 1. The highest BCUT2D eigenvalue weighted by molar-refractivity contribution is 9.09. The van der Waals surface area contributed by atoms with Crippen molar-refractivity contribution < 1.29 is 0 Å². The molecule has 0 radical (unpaired) electrons. The molecule has 2 nitrogen and oxygen atoms in total. The molecule has 0 saturated carbocycles.